The average molecular weight is 366 g/mol. The van der Waals surface area contributed by atoms with Crippen molar-refractivity contribution in [3.63, 3.8) is 0 Å². The van der Waals surface area contributed by atoms with Crippen LogP contribution in [0.5, 0.6) is 0 Å². The summed E-state index contributed by atoms with van der Waals surface area (Å²) in [6.07, 6.45) is 3.51. The third-order valence-corrected chi connectivity index (χ3v) is 4.80. The minimum Gasteiger partial charge on any atom is -0.371 e. The van der Waals surface area contributed by atoms with Crippen LogP contribution in [0.15, 0.2) is 18.2 Å². The van der Waals surface area contributed by atoms with E-state index in [1.807, 2.05) is 26.0 Å². The monoisotopic (exact) mass is 365 g/mol. The highest BCUT2D eigenvalue weighted by atomic mass is 35.5. The average Bonchev–Trinajstić information content (AvgIpc) is 2.63. The largest absolute Gasteiger partial charge is 0.371 e. The predicted octanol–water partition coefficient (Wildman–Crippen LogP) is 3.72. The molecular formula is C19H28ClN3O2. The first-order valence-corrected chi connectivity index (χ1v) is 9.54. The molecule has 1 aliphatic rings. The molecule has 5 nitrogen and oxygen atoms in total. The molecule has 1 heterocycles. The number of nitrogens with one attached hydrogen (secondary N) is 1. The van der Waals surface area contributed by atoms with Gasteiger partial charge in [0.15, 0.2) is 0 Å². The molecule has 0 bridgehead atoms. The summed E-state index contributed by atoms with van der Waals surface area (Å²) in [6, 6.07) is 5.57. The van der Waals surface area contributed by atoms with E-state index in [0.29, 0.717) is 24.3 Å². The lowest BCUT2D eigenvalue weighted by Gasteiger charge is -2.31. The molecule has 6 heteroatoms. The number of piperidine rings is 1. The molecule has 1 saturated heterocycles. The lowest BCUT2D eigenvalue weighted by molar-refractivity contribution is -0.115. The highest BCUT2D eigenvalue weighted by Gasteiger charge is 2.22. The Hall–Kier alpha value is -1.75. The minimum absolute atomic E-state index is 0.000550. The van der Waals surface area contributed by atoms with Gasteiger partial charge in [0.1, 0.15) is 5.38 Å². The molecule has 1 fully saturated rings. The SMILES string of the molecule is CCN(CC)C(=O)c1cc(NC(=O)[C@H](C)Cl)ccc1N1CCCCC1. The standard InChI is InChI=1S/C19H28ClN3O2/c1-4-22(5-2)19(25)16-13-15(21-18(24)14(3)20)9-10-17(16)23-11-7-6-8-12-23/h9-10,13-14H,4-8,11-12H2,1-3H3,(H,21,24)/t14-/m0/s1. The van der Waals surface area contributed by atoms with Gasteiger partial charge in [-0.3, -0.25) is 9.59 Å². The maximum atomic E-state index is 13.0. The number of carbonyl (C=O) groups is 2. The molecule has 0 radical (unpaired) electrons. The van der Waals surface area contributed by atoms with Gasteiger partial charge in [0, 0.05) is 37.6 Å². The van der Waals surface area contributed by atoms with Crippen LogP contribution in [-0.2, 0) is 4.79 Å². The molecule has 1 aromatic carbocycles. The zero-order chi connectivity index (χ0) is 18.4. The fourth-order valence-electron chi connectivity index (χ4n) is 3.12. The fraction of sp³-hybridized carbons (Fsp3) is 0.579. The van der Waals surface area contributed by atoms with Crippen LogP contribution in [0.2, 0.25) is 0 Å². The fourth-order valence-corrected chi connectivity index (χ4v) is 3.17. The van der Waals surface area contributed by atoms with Crippen molar-refractivity contribution in [1.29, 1.82) is 0 Å². The van der Waals surface area contributed by atoms with Crippen LogP contribution in [0, 0.1) is 0 Å². The molecule has 0 saturated carbocycles. The molecule has 1 aromatic rings. The van der Waals surface area contributed by atoms with Crippen LogP contribution in [0.3, 0.4) is 0 Å². The number of hydrogen-bond acceptors (Lipinski definition) is 3. The molecule has 2 rings (SSSR count). The van der Waals surface area contributed by atoms with Gasteiger partial charge in [-0.2, -0.15) is 0 Å². The number of hydrogen-bond donors (Lipinski definition) is 1. The Bertz CT molecular complexity index is 609. The van der Waals surface area contributed by atoms with E-state index >= 15 is 0 Å². The molecule has 1 aliphatic heterocycles. The minimum atomic E-state index is -0.622. The summed E-state index contributed by atoms with van der Waals surface area (Å²) in [5.41, 5.74) is 2.20. The highest BCUT2D eigenvalue weighted by Crippen LogP contribution is 2.28. The number of alkyl halides is 1. The second-order valence-electron chi connectivity index (χ2n) is 6.36. The van der Waals surface area contributed by atoms with Gasteiger partial charge >= 0.3 is 0 Å². The van der Waals surface area contributed by atoms with Crippen molar-refractivity contribution < 1.29 is 9.59 Å². The summed E-state index contributed by atoms with van der Waals surface area (Å²) in [7, 11) is 0. The van der Waals surface area contributed by atoms with Crippen molar-refractivity contribution in [2.75, 3.05) is 36.4 Å². The van der Waals surface area contributed by atoms with E-state index in [-0.39, 0.29) is 11.8 Å². The Morgan fingerprint density at radius 1 is 1.20 bits per heavy atom. The van der Waals surface area contributed by atoms with Crippen molar-refractivity contribution in [3.05, 3.63) is 23.8 Å². The normalized spacial score (nSPS) is 15.6. The first kappa shape index (κ1) is 19.6. The first-order chi connectivity index (χ1) is 12.0. The van der Waals surface area contributed by atoms with E-state index < -0.39 is 5.38 Å². The number of amides is 2. The van der Waals surface area contributed by atoms with Crippen molar-refractivity contribution in [1.82, 2.24) is 4.90 Å². The van der Waals surface area contributed by atoms with E-state index in [1.165, 1.54) is 6.42 Å². The van der Waals surface area contributed by atoms with Crippen LogP contribution in [0.25, 0.3) is 0 Å². The van der Waals surface area contributed by atoms with E-state index in [2.05, 4.69) is 10.2 Å². The molecule has 1 N–H and O–H groups in total. The summed E-state index contributed by atoms with van der Waals surface area (Å²) in [4.78, 5) is 29.0. The predicted molar refractivity (Wildman–Crippen MR) is 104 cm³/mol. The Kier molecular flexibility index (Phi) is 7.12. The third kappa shape index (κ3) is 4.88. The molecule has 25 heavy (non-hydrogen) atoms. The summed E-state index contributed by atoms with van der Waals surface area (Å²) in [5.74, 6) is -0.269. The van der Waals surface area contributed by atoms with Gasteiger partial charge in [0.2, 0.25) is 5.91 Å². The summed E-state index contributed by atoms with van der Waals surface area (Å²) in [6.45, 7) is 8.81. The highest BCUT2D eigenvalue weighted by molar-refractivity contribution is 6.32. The van der Waals surface area contributed by atoms with E-state index in [0.717, 1.165) is 31.6 Å². The number of benzene rings is 1. The number of halogens is 1. The lowest BCUT2D eigenvalue weighted by atomic mass is 10.0. The zero-order valence-corrected chi connectivity index (χ0v) is 16.1. The van der Waals surface area contributed by atoms with Crippen LogP contribution < -0.4 is 10.2 Å². The van der Waals surface area contributed by atoms with Gasteiger partial charge in [0.25, 0.3) is 5.91 Å². The summed E-state index contributed by atoms with van der Waals surface area (Å²) >= 11 is 5.83. The molecular weight excluding hydrogens is 338 g/mol. The lowest BCUT2D eigenvalue weighted by Crippen LogP contribution is -2.35. The Morgan fingerprint density at radius 2 is 1.84 bits per heavy atom. The van der Waals surface area contributed by atoms with Crippen LogP contribution in [0.1, 0.15) is 50.4 Å². The summed E-state index contributed by atoms with van der Waals surface area (Å²) < 4.78 is 0. The van der Waals surface area contributed by atoms with Crippen LogP contribution in [-0.4, -0.2) is 48.3 Å². The third-order valence-electron chi connectivity index (χ3n) is 4.60. The maximum absolute atomic E-state index is 13.0. The summed E-state index contributed by atoms with van der Waals surface area (Å²) in [5, 5.41) is 2.16. The molecule has 1 atom stereocenters. The quantitative estimate of drug-likeness (QED) is 0.781. The van der Waals surface area contributed by atoms with Gasteiger partial charge in [-0.15, -0.1) is 11.6 Å². The molecule has 0 aliphatic carbocycles. The number of rotatable bonds is 6. The Labute approximate surface area is 155 Å². The number of nitrogens with zero attached hydrogens (tertiary/aromatic N) is 2. The smallest absolute Gasteiger partial charge is 0.256 e. The van der Waals surface area contributed by atoms with Gasteiger partial charge in [-0.1, -0.05) is 0 Å². The van der Waals surface area contributed by atoms with Crippen molar-refractivity contribution >= 4 is 34.8 Å². The second-order valence-corrected chi connectivity index (χ2v) is 7.02. The van der Waals surface area contributed by atoms with Crippen molar-refractivity contribution in [2.45, 2.75) is 45.4 Å². The Morgan fingerprint density at radius 3 is 2.40 bits per heavy atom. The first-order valence-electron chi connectivity index (χ1n) is 9.11. The maximum Gasteiger partial charge on any atom is 0.256 e. The van der Waals surface area contributed by atoms with Crippen molar-refractivity contribution in [2.24, 2.45) is 0 Å². The van der Waals surface area contributed by atoms with Crippen molar-refractivity contribution in [3.8, 4) is 0 Å². The second kappa shape index (κ2) is 9.09. The molecule has 0 aromatic heterocycles. The van der Waals surface area contributed by atoms with Gasteiger partial charge < -0.3 is 15.1 Å². The molecule has 138 valence electrons. The van der Waals surface area contributed by atoms with E-state index in [4.69, 9.17) is 11.6 Å². The van der Waals surface area contributed by atoms with E-state index in [1.54, 1.807) is 17.9 Å². The zero-order valence-electron chi connectivity index (χ0n) is 15.3. The van der Waals surface area contributed by atoms with Crippen LogP contribution >= 0.6 is 11.6 Å². The topological polar surface area (TPSA) is 52.7 Å². The van der Waals surface area contributed by atoms with Gasteiger partial charge in [-0.05, 0) is 58.2 Å². The van der Waals surface area contributed by atoms with E-state index in [9.17, 15) is 9.59 Å². The molecule has 0 unspecified atom stereocenters. The molecule has 2 amide bonds. The van der Waals surface area contributed by atoms with Gasteiger partial charge in [0.05, 0.1) is 5.56 Å². The molecule has 0 spiro atoms. The van der Waals surface area contributed by atoms with Crippen LogP contribution in [0.4, 0.5) is 11.4 Å². The Balaban J connectivity index is 2.37. The number of carbonyl (C=O) groups excluding carboxylic acids is 2. The number of anilines is 2. The van der Waals surface area contributed by atoms with Gasteiger partial charge in [-0.25, -0.2) is 0 Å².